The normalized spacial score (nSPS) is 11.3. The van der Waals surface area contributed by atoms with Crippen molar-refractivity contribution < 1.29 is 0 Å². The van der Waals surface area contributed by atoms with E-state index in [4.69, 9.17) is 0 Å². The van der Waals surface area contributed by atoms with E-state index < -0.39 is 18.4 Å². The van der Waals surface area contributed by atoms with E-state index in [0.717, 1.165) is 14.3 Å². The molecule has 0 amide bonds. The Morgan fingerprint density at radius 1 is 0.414 bits per heavy atom. The molecule has 0 unspecified atom stereocenters. The first kappa shape index (κ1) is 18.9. The molecule has 0 aliphatic heterocycles. The van der Waals surface area contributed by atoms with Crippen molar-refractivity contribution in [2.45, 2.75) is 0 Å². The molecule has 0 saturated carbocycles. The second-order valence-electron chi connectivity index (χ2n) is 6.52. The van der Waals surface area contributed by atoms with Gasteiger partial charge in [0, 0.05) is 0 Å². The van der Waals surface area contributed by atoms with Gasteiger partial charge in [-0.15, -0.1) is 0 Å². The zero-order valence-electron chi connectivity index (χ0n) is 15.1. The van der Waals surface area contributed by atoms with Gasteiger partial charge in [0.05, 0.1) is 0 Å². The van der Waals surface area contributed by atoms with Crippen molar-refractivity contribution in [2.75, 3.05) is 0 Å². The van der Waals surface area contributed by atoms with Crippen LogP contribution in [0.15, 0.2) is 92.5 Å². The molecule has 0 spiro atoms. The van der Waals surface area contributed by atoms with Crippen molar-refractivity contribution in [1.82, 2.24) is 19.9 Å². The predicted molar refractivity (Wildman–Crippen MR) is 113 cm³/mol. The fraction of sp³-hybridized carbons (Fsp3) is 0. The van der Waals surface area contributed by atoms with Crippen molar-refractivity contribution in [3.05, 3.63) is 115 Å². The van der Waals surface area contributed by atoms with Gasteiger partial charge in [0.1, 0.15) is 0 Å². The molecule has 0 aliphatic carbocycles. The molecule has 0 atom stereocenters. The predicted octanol–water partition coefficient (Wildman–Crippen LogP) is -2.18. The van der Waals surface area contributed by atoms with Crippen LogP contribution in [0.25, 0.3) is 0 Å². The number of hydrogen-bond acceptors (Lipinski definition) is 4. The van der Waals surface area contributed by atoms with Gasteiger partial charge in [-0.05, 0) is 0 Å². The van der Waals surface area contributed by atoms with E-state index in [1.54, 1.807) is 49.1 Å². The SMILES string of the molecule is O=c1cc[c]([Sn]([c]2ccc(=O)[nH]c2)([c]2ccc(=O)[nH]c2)[c]2ccc(=O)[nH]c2)c[nH]1. The van der Waals surface area contributed by atoms with Crippen LogP contribution < -0.4 is 36.6 Å². The molecule has 4 heterocycles. The van der Waals surface area contributed by atoms with Crippen molar-refractivity contribution >= 4 is 32.7 Å². The summed E-state index contributed by atoms with van der Waals surface area (Å²) < 4.78 is 3.52. The zero-order valence-corrected chi connectivity index (χ0v) is 17.9. The summed E-state index contributed by atoms with van der Waals surface area (Å²) in [7, 11) is 0. The van der Waals surface area contributed by atoms with Gasteiger partial charge in [0.15, 0.2) is 0 Å². The first-order valence-corrected chi connectivity index (χ1v) is 14.5. The third-order valence-electron chi connectivity index (χ3n) is 4.87. The van der Waals surface area contributed by atoms with E-state index in [1.807, 2.05) is 0 Å². The molecule has 8 nitrogen and oxygen atoms in total. The van der Waals surface area contributed by atoms with Crippen LogP contribution >= 0.6 is 0 Å². The quantitative estimate of drug-likeness (QED) is 0.240. The summed E-state index contributed by atoms with van der Waals surface area (Å²) in [6.07, 6.45) is 6.67. The van der Waals surface area contributed by atoms with Gasteiger partial charge in [0.2, 0.25) is 0 Å². The average Bonchev–Trinajstić information content (AvgIpc) is 2.73. The summed E-state index contributed by atoms with van der Waals surface area (Å²) in [6, 6.07) is 12.8. The summed E-state index contributed by atoms with van der Waals surface area (Å²) in [5.74, 6) is 0. The summed E-state index contributed by atoms with van der Waals surface area (Å²) >= 11 is -4.11. The fourth-order valence-electron chi connectivity index (χ4n) is 3.58. The van der Waals surface area contributed by atoms with Crippen molar-refractivity contribution in [3.8, 4) is 0 Å². The Labute approximate surface area is 167 Å². The van der Waals surface area contributed by atoms with Gasteiger partial charge < -0.3 is 0 Å². The third kappa shape index (κ3) is 3.42. The fourth-order valence-corrected chi connectivity index (χ4v) is 16.4. The van der Waals surface area contributed by atoms with E-state index in [-0.39, 0.29) is 22.2 Å². The summed E-state index contributed by atoms with van der Waals surface area (Å²) in [4.78, 5) is 57.8. The van der Waals surface area contributed by atoms with Crippen LogP contribution in [0.5, 0.6) is 0 Å². The number of hydrogen-bond donors (Lipinski definition) is 4. The molecule has 4 rings (SSSR count). The van der Waals surface area contributed by atoms with Gasteiger partial charge >= 0.3 is 167 Å². The maximum absolute atomic E-state index is 11.7. The Morgan fingerprint density at radius 3 is 0.828 bits per heavy atom. The molecule has 144 valence electrons. The molecule has 4 aromatic heterocycles. The minimum absolute atomic E-state index is 0.238. The Kier molecular flexibility index (Phi) is 4.93. The van der Waals surface area contributed by atoms with Crippen LogP contribution in [0, 0.1) is 0 Å². The van der Waals surface area contributed by atoms with Crippen LogP contribution in [0.2, 0.25) is 0 Å². The molecule has 0 aliphatic rings. The Bertz CT molecular complexity index is 1120. The van der Waals surface area contributed by atoms with Crippen LogP contribution in [0.3, 0.4) is 0 Å². The molecule has 9 heteroatoms. The summed E-state index contributed by atoms with van der Waals surface area (Å²) in [6.45, 7) is 0. The first-order chi connectivity index (χ1) is 14.0. The van der Waals surface area contributed by atoms with Crippen LogP contribution in [-0.4, -0.2) is 38.3 Å². The molecule has 0 saturated heterocycles. The van der Waals surface area contributed by atoms with E-state index in [1.165, 1.54) is 24.3 Å². The molecule has 4 N–H and O–H groups in total. The number of aromatic amines is 4. The monoisotopic (exact) mass is 496 g/mol. The van der Waals surface area contributed by atoms with E-state index >= 15 is 0 Å². The minimum atomic E-state index is -4.11. The van der Waals surface area contributed by atoms with Gasteiger partial charge in [-0.25, -0.2) is 0 Å². The van der Waals surface area contributed by atoms with Gasteiger partial charge in [-0.3, -0.25) is 0 Å². The number of rotatable bonds is 4. The summed E-state index contributed by atoms with van der Waals surface area (Å²) in [5.41, 5.74) is -0.951. The Morgan fingerprint density at radius 2 is 0.655 bits per heavy atom. The second kappa shape index (κ2) is 7.55. The number of pyridine rings is 4. The molecule has 0 radical (unpaired) electrons. The van der Waals surface area contributed by atoms with Gasteiger partial charge in [0.25, 0.3) is 0 Å². The molecular formula is C20H16N4O4Sn. The topological polar surface area (TPSA) is 131 Å². The van der Waals surface area contributed by atoms with Crippen molar-refractivity contribution in [1.29, 1.82) is 0 Å². The van der Waals surface area contributed by atoms with Crippen molar-refractivity contribution in [3.63, 3.8) is 0 Å². The first-order valence-electron chi connectivity index (χ1n) is 8.77. The van der Waals surface area contributed by atoms with Crippen LogP contribution in [0.1, 0.15) is 0 Å². The van der Waals surface area contributed by atoms with Gasteiger partial charge in [-0.2, -0.15) is 0 Å². The van der Waals surface area contributed by atoms with E-state index in [9.17, 15) is 19.2 Å². The number of H-pyrrole nitrogens is 4. The summed E-state index contributed by atoms with van der Waals surface area (Å²) in [5, 5.41) is 0. The van der Waals surface area contributed by atoms with Crippen LogP contribution in [-0.2, 0) is 0 Å². The van der Waals surface area contributed by atoms with E-state index in [2.05, 4.69) is 19.9 Å². The number of nitrogens with one attached hydrogen (secondary N) is 4. The molecule has 0 aromatic carbocycles. The van der Waals surface area contributed by atoms with Crippen LogP contribution in [0.4, 0.5) is 0 Å². The average molecular weight is 495 g/mol. The standard InChI is InChI=1S/4C5H4NO.Sn/c4*7-5-3-1-2-4-6-5;/h4*1,3-4H,(H,6,7);. The molecular weight excluding hydrogens is 479 g/mol. The molecule has 4 aromatic rings. The molecule has 29 heavy (non-hydrogen) atoms. The maximum atomic E-state index is 11.7. The van der Waals surface area contributed by atoms with Gasteiger partial charge in [-0.1, -0.05) is 0 Å². The third-order valence-corrected chi connectivity index (χ3v) is 18.3. The Balaban J connectivity index is 2.17. The second-order valence-corrected chi connectivity index (χ2v) is 17.4. The van der Waals surface area contributed by atoms with E-state index in [0.29, 0.717) is 0 Å². The molecule has 0 bridgehead atoms. The Hall–Kier alpha value is -3.40. The zero-order chi connectivity index (χ0) is 20.4. The molecule has 0 fully saturated rings. The van der Waals surface area contributed by atoms with Crippen molar-refractivity contribution in [2.24, 2.45) is 0 Å². The number of aromatic nitrogens is 4.